The lowest BCUT2D eigenvalue weighted by Gasteiger charge is -2.59. The minimum atomic E-state index is -3.73. The number of nitrogens with zero attached hydrogens (tertiary/aromatic N) is 2. The molecule has 220 valence electrons. The zero-order valence-electron chi connectivity index (χ0n) is 23.6. The average Bonchev–Trinajstić information content (AvgIpc) is 2.96. The van der Waals surface area contributed by atoms with Crippen LogP contribution in [0.25, 0.3) is 0 Å². The fourth-order valence-electron chi connectivity index (χ4n) is 8.53. The van der Waals surface area contributed by atoms with Crippen molar-refractivity contribution in [2.45, 2.75) is 75.6 Å². The maximum Gasteiger partial charge on any atom is 0.340 e. The normalized spacial score (nSPS) is 31.1. The van der Waals surface area contributed by atoms with Gasteiger partial charge in [-0.25, -0.2) is 13.2 Å². The van der Waals surface area contributed by atoms with Crippen molar-refractivity contribution in [2.24, 2.45) is 23.2 Å². The number of carbonyl (C=O) groups is 2. The molecule has 7 rings (SSSR count). The Morgan fingerprint density at radius 2 is 1.62 bits per heavy atom. The molecule has 1 unspecified atom stereocenters. The molecule has 2 saturated heterocycles. The largest absolute Gasteiger partial charge is 0.452 e. The van der Waals surface area contributed by atoms with Crippen molar-refractivity contribution in [3.05, 3.63) is 23.8 Å². The molecule has 0 radical (unpaired) electrons. The van der Waals surface area contributed by atoms with Gasteiger partial charge >= 0.3 is 5.97 Å². The van der Waals surface area contributed by atoms with Crippen molar-refractivity contribution in [1.29, 1.82) is 0 Å². The van der Waals surface area contributed by atoms with E-state index in [0.29, 0.717) is 45.1 Å². The second-order valence-electron chi connectivity index (χ2n) is 12.9. The Morgan fingerprint density at radius 1 is 1.00 bits per heavy atom. The van der Waals surface area contributed by atoms with Gasteiger partial charge in [-0.1, -0.05) is 6.42 Å². The molecule has 4 aliphatic carbocycles. The van der Waals surface area contributed by atoms with Crippen LogP contribution in [0.4, 0.5) is 5.69 Å². The number of amides is 1. The van der Waals surface area contributed by atoms with Crippen molar-refractivity contribution in [3.63, 3.8) is 0 Å². The number of morpholine rings is 1. The number of hydrogen-bond donors (Lipinski definition) is 1. The molecule has 4 saturated carbocycles. The lowest BCUT2D eigenvalue weighted by Crippen LogP contribution is -2.56. The van der Waals surface area contributed by atoms with Crippen LogP contribution >= 0.6 is 0 Å². The Bertz CT molecular complexity index is 1190. The topological polar surface area (TPSA) is 105 Å². The number of anilines is 1. The Labute approximate surface area is 238 Å². The number of esters is 1. The summed E-state index contributed by atoms with van der Waals surface area (Å²) in [6, 6.07) is 4.72. The number of piperidine rings is 1. The van der Waals surface area contributed by atoms with E-state index in [9.17, 15) is 18.0 Å². The molecule has 1 aromatic carbocycles. The summed E-state index contributed by atoms with van der Waals surface area (Å²) in [5.74, 6) is 1.37. The molecule has 10 heteroatoms. The van der Waals surface area contributed by atoms with E-state index in [-0.39, 0.29) is 34.4 Å². The highest BCUT2D eigenvalue weighted by Gasteiger charge is 2.53. The van der Waals surface area contributed by atoms with Crippen molar-refractivity contribution in [1.82, 2.24) is 9.62 Å². The van der Waals surface area contributed by atoms with Gasteiger partial charge in [0.05, 0.1) is 29.4 Å². The van der Waals surface area contributed by atoms with E-state index in [4.69, 9.17) is 9.47 Å². The molecule has 4 bridgehead atoms. The zero-order valence-corrected chi connectivity index (χ0v) is 24.4. The molecule has 2 heterocycles. The molecule has 9 nitrogen and oxygen atoms in total. The number of nitrogens with one attached hydrogen (secondary N) is 1. The van der Waals surface area contributed by atoms with Gasteiger partial charge in [0.1, 0.15) is 0 Å². The zero-order chi connectivity index (χ0) is 27.9. The van der Waals surface area contributed by atoms with E-state index < -0.39 is 16.0 Å². The van der Waals surface area contributed by atoms with Gasteiger partial charge in [0, 0.05) is 32.2 Å². The molecule has 6 aliphatic rings. The predicted octanol–water partition coefficient (Wildman–Crippen LogP) is 3.58. The number of sulfonamides is 1. The second-order valence-corrected chi connectivity index (χ2v) is 14.8. The van der Waals surface area contributed by atoms with Gasteiger partial charge in [-0.15, -0.1) is 0 Å². The van der Waals surface area contributed by atoms with Gasteiger partial charge in [-0.05, 0) is 99.7 Å². The van der Waals surface area contributed by atoms with Crippen LogP contribution < -0.4 is 10.2 Å². The van der Waals surface area contributed by atoms with E-state index >= 15 is 0 Å². The molecular formula is C30H43N3O6S. The number of ether oxygens (including phenoxy) is 2. The van der Waals surface area contributed by atoms with Crippen LogP contribution in [0.2, 0.25) is 0 Å². The highest BCUT2D eigenvalue weighted by Crippen LogP contribution is 2.61. The quantitative estimate of drug-likeness (QED) is 0.474. The first-order valence-electron chi connectivity index (χ1n) is 15.2. The summed E-state index contributed by atoms with van der Waals surface area (Å²) in [6.07, 6.45) is 10.3. The van der Waals surface area contributed by atoms with Crippen LogP contribution in [0, 0.1) is 23.2 Å². The number of benzene rings is 1. The fourth-order valence-corrected chi connectivity index (χ4v) is 10.1. The van der Waals surface area contributed by atoms with Gasteiger partial charge < -0.3 is 19.7 Å². The third kappa shape index (κ3) is 5.51. The summed E-state index contributed by atoms with van der Waals surface area (Å²) in [6.45, 7) is 4.90. The van der Waals surface area contributed by atoms with Gasteiger partial charge in [-0.3, -0.25) is 4.79 Å². The van der Waals surface area contributed by atoms with Crippen LogP contribution in [0.15, 0.2) is 23.1 Å². The van der Waals surface area contributed by atoms with Crippen LogP contribution in [0.5, 0.6) is 0 Å². The van der Waals surface area contributed by atoms with Gasteiger partial charge in [0.15, 0.2) is 6.61 Å². The summed E-state index contributed by atoms with van der Waals surface area (Å²) < 4.78 is 39.3. The highest BCUT2D eigenvalue weighted by atomic mass is 32.2. The molecule has 0 aromatic heterocycles. The highest BCUT2D eigenvalue weighted by molar-refractivity contribution is 7.89. The van der Waals surface area contributed by atoms with Crippen LogP contribution in [-0.4, -0.2) is 76.6 Å². The third-order valence-corrected chi connectivity index (χ3v) is 12.1. The van der Waals surface area contributed by atoms with E-state index in [1.165, 1.54) is 48.9 Å². The Hall–Kier alpha value is -2.17. The maximum absolute atomic E-state index is 13.4. The first-order valence-corrected chi connectivity index (χ1v) is 16.6. The van der Waals surface area contributed by atoms with Crippen molar-refractivity contribution in [2.75, 3.05) is 50.9 Å². The summed E-state index contributed by atoms with van der Waals surface area (Å²) in [5, 5.41) is 3.15. The fraction of sp³-hybridized carbons (Fsp3) is 0.733. The summed E-state index contributed by atoms with van der Waals surface area (Å²) >= 11 is 0. The average molecular weight is 574 g/mol. The molecule has 1 amide bonds. The first-order chi connectivity index (χ1) is 19.2. The van der Waals surface area contributed by atoms with Crippen LogP contribution in [-0.2, 0) is 24.3 Å². The van der Waals surface area contributed by atoms with E-state index in [1.807, 2.05) is 4.90 Å². The molecule has 6 fully saturated rings. The lowest BCUT2D eigenvalue weighted by atomic mass is 9.48. The number of carbonyl (C=O) groups excluding carboxylic acids is 2. The second kappa shape index (κ2) is 11.2. The van der Waals surface area contributed by atoms with Crippen molar-refractivity contribution >= 4 is 27.6 Å². The number of hydrogen-bond acceptors (Lipinski definition) is 7. The Morgan fingerprint density at radius 3 is 2.25 bits per heavy atom. The minimum Gasteiger partial charge on any atom is -0.452 e. The Kier molecular flexibility index (Phi) is 7.87. The van der Waals surface area contributed by atoms with E-state index in [0.717, 1.165) is 37.0 Å². The molecule has 1 N–H and O–H groups in total. The first kappa shape index (κ1) is 28.0. The standard InChI is InChI=1S/C30H43N3O6S/c1-21(30-17-22-13-23(18-30)15-24(14-22)19-30)31-28(34)20-39-29(35)26-16-25(40(36,37)33-7-3-2-4-8-33)5-6-27(26)32-9-11-38-12-10-32/h5-6,16,21-24H,2-4,7-15,17-20H2,1H3,(H,31,34). The van der Waals surface area contributed by atoms with Gasteiger partial charge in [-0.2, -0.15) is 4.31 Å². The molecule has 1 atom stereocenters. The Balaban J connectivity index is 1.15. The summed E-state index contributed by atoms with van der Waals surface area (Å²) in [7, 11) is -3.73. The maximum atomic E-state index is 13.4. The van der Waals surface area contributed by atoms with Crippen LogP contribution in [0.3, 0.4) is 0 Å². The van der Waals surface area contributed by atoms with Crippen molar-refractivity contribution in [3.8, 4) is 0 Å². The molecule has 40 heavy (non-hydrogen) atoms. The molecular weight excluding hydrogens is 530 g/mol. The third-order valence-electron chi connectivity index (χ3n) is 10.2. The number of rotatable bonds is 8. The monoisotopic (exact) mass is 573 g/mol. The summed E-state index contributed by atoms with van der Waals surface area (Å²) in [4.78, 5) is 28.5. The van der Waals surface area contributed by atoms with E-state index in [1.54, 1.807) is 12.1 Å². The smallest absolute Gasteiger partial charge is 0.340 e. The van der Waals surface area contributed by atoms with Gasteiger partial charge in [0.25, 0.3) is 5.91 Å². The predicted molar refractivity (Wildman–Crippen MR) is 151 cm³/mol. The summed E-state index contributed by atoms with van der Waals surface area (Å²) in [5.41, 5.74) is 0.935. The SMILES string of the molecule is CC(NC(=O)COC(=O)c1cc(S(=O)(=O)N2CCCCC2)ccc1N1CCOCC1)C12CC3CC(CC(C3)C1)C2. The van der Waals surface area contributed by atoms with Gasteiger partial charge in [0.2, 0.25) is 10.0 Å². The molecule has 1 aromatic rings. The minimum absolute atomic E-state index is 0.0361. The molecule has 0 spiro atoms. The van der Waals surface area contributed by atoms with Crippen molar-refractivity contribution < 1.29 is 27.5 Å². The molecule has 2 aliphatic heterocycles. The van der Waals surface area contributed by atoms with Crippen LogP contribution in [0.1, 0.15) is 75.1 Å². The van der Waals surface area contributed by atoms with E-state index in [2.05, 4.69) is 12.2 Å². The lowest BCUT2D eigenvalue weighted by molar-refractivity contribution is -0.128.